The molecule has 1 heterocycles. The minimum atomic E-state index is -0.628. The summed E-state index contributed by atoms with van der Waals surface area (Å²) in [7, 11) is 2.82. The fourth-order valence-electron chi connectivity index (χ4n) is 3.62. The van der Waals surface area contributed by atoms with E-state index in [1.165, 1.54) is 14.2 Å². The van der Waals surface area contributed by atoms with E-state index in [4.69, 9.17) is 14.2 Å². The lowest BCUT2D eigenvalue weighted by Crippen LogP contribution is -2.47. The van der Waals surface area contributed by atoms with Crippen molar-refractivity contribution in [3.05, 3.63) is 63.6 Å². The van der Waals surface area contributed by atoms with Gasteiger partial charge in [0.2, 0.25) is 5.91 Å². The number of carbonyl (C=O) groups excluding carboxylic acids is 2. The Labute approximate surface area is 178 Å². The van der Waals surface area contributed by atoms with Crippen LogP contribution in [0.25, 0.3) is 0 Å². The van der Waals surface area contributed by atoms with Crippen LogP contribution < -0.4 is 10.1 Å². The van der Waals surface area contributed by atoms with Gasteiger partial charge in [0.15, 0.2) is 0 Å². The fourth-order valence-corrected chi connectivity index (χ4v) is 3.89. The topological polar surface area (TPSA) is 73.9 Å². The third-order valence-electron chi connectivity index (χ3n) is 5.30. The predicted molar refractivity (Wildman–Crippen MR) is 112 cm³/mol. The number of hydrogen-bond donors (Lipinski definition) is 1. The monoisotopic (exact) mass is 461 g/mol. The maximum absolute atomic E-state index is 13.3. The van der Waals surface area contributed by atoms with Gasteiger partial charge in [-0.1, -0.05) is 34.1 Å². The van der Waals surface area contributed by atoms with Gasteiger partial charge in [0.25, 0.3) is 0 Å². The van der Waals surface area contributed by atoms with E-state index in [-0.39, 0.29) is 5.91 Å². The number of halogens is 1. The van der Waals surface area contributed by atoms with Gasteiger partial charge in [-0.15, -0.1) is 0 Å². The Morgan fingerprint density at radius 2 is 1.79 bits per heavy atom. The van der Waals surface area contributed by atoms with Crippen molar-refractivity contribution >= 4 is 27.8 Å². The number of hydrogen-bond acceptors (Lipinski definition) is 5. The summed E-state index contributed by atoms with van der Waals surface area (Å²) in [6.45, 7) is 1.38. The lowest BCUT2D eigenvalue weighted by molar-refractivity contribution is -0.130. The van der Waals surface area contributed by atoms with E-state index < -0.39 is 11.4 Å². The second-order valence-electron chi connectivity index (χ2n) is 6.91. The van der Waals surface area contributed by atoms with Gasteiger partial charge in [0.1, 0.15) is 11.3 Å². The van der Waals surface area contributed by atoms with Gasteiger partial charge in [-0.2, -0.15) is 0 Å². The molecule has 1 N–H and O–H groups in total. The largest absolute Gasteiger partial charge is 0.496 e. The molecule has 29 heavy (non-hydrogen) atoms. The van der Waals surface area contributed by atoms with Crippen LogP contribution in [0.4, 0.5) is 0 Å². The van der Waals surface area contributed by atoms with Gasteiger partial charge >= 0.3 is 5.97 Å². The van der Waals surface area contributed by atoms with E-state index in [0.717, 1.165) is 15.6 Å². The fraction of sp³-hybridized carbons (Fsp3) is 0.364. The first-order chi connectivity index (χ1) is 14.0. The van der Waals surface area contributed by atoms with Crippen LogP contribution >= 0.6 is 15.9 Å². The number of carbonyl (C=O) groups is 2. The van der Waals surface area contributed by atoms with E-state index in [1.807, 2.05) is 30.3 Å². The molecule has 0 radical (unpaired) electrons. The summed E-state index contributed by atoms with van der Waals surface area (Å²) in [6, 6.07) is 13.1. The Bertz CT molecular complexity index is 875. The smallest absolute Gasteiger partial charge is 0.341 e. The summed E-state index contributed by atoms with van der Waals surface area (Å²) in [5.74, 6) is -0.0907. The summed E-state index contributed by atoms with van der Waals surface area (Å²) in [5.41, 5.74) is 1.47. The Balaban J connectivity index is 1.80. The molecule has 0 atom stereocenters. The molecule has 1 saturated heterocycles. The molecule has 154 valence electrons. The van der Waals surface area contributed by atoms with Crippen LogP contribution in [0.3, 0.4) is 0 Å². The third kappa shape index (κ3) is 4.62. The summed E-state index contributed by atoms with van der Waals surface area (Å²) < 4.78 is 16.5. The van der Waals surface area contributed by atoms with Gasteiger partial charge in [0.05, 0.1) is 19.6 Å². The van der Waals surface area contributed by atoms with Crippen LogP contribution in [0, 0.1) is 0 Å². The summed E-state index contributed by atoms with van der Waals surface area (Å²) in [6.07, 6.45) is 1.24. The van der Waals surface area contributed by atoms with Crippen LogP contribution in [0.1, 0.15) is 34.3 Å². The minimum Gasteiger partial charge on any atom is -0.496 e. The Morgan fingerprint density at radius 3 is 2.41 bits per heavy atom. The first kappa shape index (κ1) is 21.3. The molecule has 0 spiro atoms. The van der Waals surface area contributed by atoms with Gasteiger partial charge in [-0.05, 0) is 48.2 Å². The Hall–Kier alpha value is -2.38. The lowest BCUT2D eigenvalue weighted by Gasteiger charge is -2.36. The molecule has 0 aromatic heterocycles. The van der Waals surface area contributed by atoms with E-state index in [9.17, 15) is 9.59 Å². The standard InChI is InChI=1S/C22H24BrNO5/c1-27-19-8-3-15(13-18(19)20(25)28-2)14-24-21(26)22(9-11-29-12-10-22)16-4-6-17(23)7-5-16/h3-8,13H,9-12,14H2,1-2H3,(H,24,26). The van der Waals surface area contributed by atoms with Crippen molar-refractivity contribution in [2.75, 3.05) is 27.4 Å². The highest BCUT2D eigenvalue weighted by atomic mass is 79.9. The first-order valence-corrected chi connectivity index (χ1v) is 10.2. The molecule has 0 saturated carbocycles. The van der Waals surface area contributed by atoms with Crippen LogP contribution in [0.15, 0.2) is 46.9 Å². The van der Waals surface area contributed by atoms with Gasteiger partial charge in [0, 0.05) is 24.2 Å². The zero-order chi connectivity index (χ0) is 20.9. The van der Waals surface area contributed by atoms with Crippen LogP contribution in [0.5, 0.6) is 5.75 Å². The van der Waals surface area contributed by atoms with Crippen molar-refractivity contribution in [2.24, 2.45) is 0 Å². The average Bonchev–Trinajstić information content (AvgIpc) is 2.77. The second kappa shape index (κ2) is 9.41. The molecular formula is C22H24BrNO5. The molecule has 0 aliphatic carbocycles. The first-order valence-electron chi connectivity index (χ1n) is 9.37. The van der Waals surface area contributed by atoms with Crippen molar-refractivity contribution < 1.29 is 23.8 Å². The number of amides is 1. The highest BCUT2D eigenvalue weighted by molar-refractivity contribution is 9.10. The number of benzene rings is 2. The van der Waals surface area contributed by atoms with Gasteiger partial charge in [-0.3, -0.25) is 4.79 Å². The highest BCUT2D eigenvalue weighted by Crippen LogP contribution is 2.36. The molecule has 1 fully saturated rings. The molecule has 1 amide bonds. The quantitative estimate of drug-likeness (QED) is 0.665. The predicted octanol–water partition coefficient (Wildman–Crippen LogP) is 3.61. The van der Waals surface area contributed by atoms with E-state index >= 15 is 0 Å². The zero-order valence-corrected chi connectivity index (χ0v) is 18.1. The molecule has 1 aliphatic rings. The average molecular weight is 462 g/mol. The second-order valence-corrected chi connectivity index (χ2v) is 7.83. The maximum atomic E-state index is 13.3. The third-order valence-corrected chi connectivity index (χ3v) is 5.83. The van der Waals surface area contributed by atoms with Crippen molar-refractivity contribution in [3.63, 3.8) is 0 Å². The molecule has 2 aromatic rings. The van der Waals surface area contributed by atoms with Crippen molar-refractivity contribution in [1.82, 2.24) is 5.32 Å². The Morgan fingerprint density at radius 1 is 1.10 bits per heavy atom. The molecule has 6 nitrogen and oxygen atoms in total. The summed E-state index contributed by atoms with van der Waals surface area (Å²) in [5, 5.41) is 3.05. The van der Waals surface area contributed by atoms with Crippen LogP contribution in [0.2, 0.25) is 0 Å². The lowest BCUT2D eigenvalue weighted by atomic mass is 9.73. The van der Waals surface area contributed by atoms with Crippen molar-refractivity contribution in [1.29, 1.82) is 0 Å². The molecule has 0 bridgehead atoms. The van der Waals surface area contributed by atoms with E-state index in [1.54, 1.807) is 12.1 Å². The molecule has 7 heteroatoms. The number of nitrogens with one attached hydrogen (secondary N) is 1. The molecular weight excluding hydrogens is 438 g/mol. The van der Waals surface area contributed by atoms with E-state index in [0.29, 0.717) is 43.9 Å². The SMILES string of the molecule is COC(=O)c1cc(CNC(=O)C2(c3ccc(Br)cc3)CCOCC2)ccc1OC. The number of esters is 1. The van der Waals surface area contributed by atoms with Crippen molar-refractivity contribution in [2.45, 2.75) is 24.8 Å². The molecule has 3 rings (SSSR count). The minimum absolute atomic E-state index is 0.0430. The number of ether oxygens (including phenoxy) is 3. The summed E-state index contributed by atoms with van der Waals surface area (Å²) >= 11 is 3.45. The number of rotatable bonds is 6. The Kier molecular flexibility index (Phi) is 6.92. The van der Waals surface area contributed by atoms with E-state index in [2.05, 4.69) is 21.2 Å². The van der Waals surface area contributed by atoms with Gasteiger partial charge in [-0.25, -0.2) is 4.79 Å². The van der Waals surface area contributed by atoms with Gasteiger partial charge < -0.3 is 19.5 Å². The zero-order valence-electron chi connectivity index (χ0n) is 16.5. The molecule has 2 aromatic carbocycles. The van der Waals surface area contributed by atoms with Crippen molar-refractivity contribution in [3.8, 4) is 5.75 Å². The molecule has 1 aliphatic heterocycles. The van der Waals surface area contributed by atoms with Crippen LogP contribution in [-0.2, 0) is 26.2 Å². The highest BCUT2D eigenvalue weighted by Gasteiger charge is 2.41. The summed E-state index contributed by atoms with van der Waals surface area (Å²) in [4.78, 5) is 25.3. The molecule has 0 unspecified atom stereocenters. The number of methoxy groups -OCH3 is 2. The van der Waals surface area contributed by atoms with Crippen LogP contribution in [-0.4, -0.2) is 39.3 Å². The maximum Gasteiger partial charge on any atom is 0.341 e. The normalized spacial score (nSPS) is 15.4.